The van der Waals surface area contributed by atoms with Crippen molar-refractivity contribution in [2.24, 2.45) is 0 Å². The molecule has 8 nitrogen and oxygen atoms in total. The van der Waals surface area contributed by atoms with Crippen LogP contribution in [0.4, 0.5) is 16.2 Å². The number of carbonyl (C=O) groups excluding carboxylic acids is 2. The second-order valence-electron chi connectivity index (χ2n) is 8.40. The number of aryl methyl sites for hydroxylation is 1. The minimum Gasteiger partial charge on any atom is -0.359 e. The predicted octanol–water partition coefficient (Wildman–Crippen LogP) is 2.81. The summed E-state index contributed by atoms with van der Waals surface area (Å²) >= 11 is 0. The zero-order valence-corrected chi connectivity index (χ0v) is 18.0. The van der Waals surface area contributed by atoms with Gasteiger partial charge in [0, 0.05) is 37.2 Å². The number of nitrogens with one attached hydrogen (secondary N) is 1. The zero-order valence-electron chi connectivity index (χ0n) is 18.0. The normalized spacial score (nSPS) is 24.4. The first-order chi connectivity index (χ1) is 15.5. The lowest BCUT2D eigenvalue weighted by Gasteiger charge is -2.46. The molecule has 0 bridgehead atoms. The van der Waals surface area contributed by atoms with E-state index in [4.69, 9.17) is 9.47 Å². The molecule has 1 atom stereocenters. The van der Waals surface area contributed by atoms with Crippen molar-refractivity contribution in [1.82, 2.24) is 4.90 Å². The van der Waals surface area contributed by atoms with Crippen molar-refractivity contribution in [2.75, 3.05) is 36.5 Å². The number of fused-ring (bicyclic) bond motifs is 1. The number of nitrogens with zero attached hydrogens (tertiary/aromatic N) is 2. The van der Waals surface area contributed by atoms with Crippen molar-refractivity contribution in [3.8, 4) is 0 Å². The van der Waals surface area contributed by atoms with E-state index < -0.39 is 23.5 Å². The van der Waals surface area contributed by atoms with Crippen LogP contribution in [0.25, 0.3) is 0 Å². The maximum absolute atomic E-state index is 13.9. The summed E-state index contributed by atoms with van der Waals surface area (Å²) in [4.78, 5) is 29.8. The second-order valence-corrected chi connectivity index (χ2v) is 8.40. The number of hydrogen-bond donors (Lipinski definition) is 2. The molecule has 2 fully saturated rings. The Balaban J connectivity index is 1.53. The van der Waals surface area contributed by atoms with Crippen molar-refractivity contribution in [2.45, 2.75) is 37.7 Å². The lowest BCUT2D eigenvalue weighted by Crippen LogP contribution is -2.64. The summed E-state index contributed by atoms with van der Waals surface area (Å²) in [5, 5.41) is 14.8. The predicted molar refractivity (Wildman–Crippen MR) is 118 cm³/mol. The van der Waals surface area contributed by atoms with Crippen LogP contribution in [-0.4, -0.2) is 54.0 Å². The number of anilines is 2. The summed E-state index contributed by atoms with van der Waals surface area (Å²) in [6.45, 7) is 3.88. The van der Waals surface area contributed by atoms with Gasteiger partial charge in [-0.15, -0.1) is 0 Å². The molecule has 3 heterocycles. The fourth-order valence-electron chi connectivity index (χ4n) is 4.79. The van der Waals surface area contributed by atoms with Crippen molar-refractivity contribution in [1.29, 1.82) is 0 Å². The lowest BCUT2D eigenvalue weighted by atomic mass is 9.92. The fourth-order valence-corrected chi connectivity index (χ4v) is 4.79. The second kappa shape index (κ2) is 7.88. The van der Waals surface area contributed by atoms with Crippen molar-refractivity contribution in [3.05, 3.63) is 59.7 Å². The van der Waals surface area contributed by atoms with Crippen LogP contribution in [0.15, 0.2) is 48.5 Å². The van der Waals surface area contributed by atoms with Gasteiger partial charge in [-0.1, -0.05) is 37.3 Å². The van der Waals surface area contributed by atoms with Crippen LogP contribution in [-0.2, 0) is 26.4 Å². The highest BCUT2D eigenvalue weighted by molar-refractivity contribution is 6.11. The molecule has 2 saturated heterocycles. The first-order valence-corrected chi connectivity index (χ1v) is 11.1. The highest BCUT2D eigenvalue weighted by Gasteiger charge is 2.54. The molecule has 2 N–H and O–H groups in total. The van der Waals surface area contributed by atoms with E-state index in [0.717, 1.165) is 16.9 Å². The summed E-state index contributed by atoms with van der Waals surface area (Å²) in [6.07, 6.45) is 1.89. The number of aliphatic hydroxyl groups is 1. The molecule has 3 aliphatic rings. The molecule has 0 unspecified atom stereocenters. The molecule has 2 aromatic rings. The molecule has 0 aromatic heterocycles. The largest absolute Gasteiger partial charge is 0.359 e. The van der Waals surface area contributed by atoms with Gasteiger partial charge in [-0.25, -0.2) is 4.79 Å². The van der Waals surface area contributed by atoms with E-state index in [2.05, 4.69) is 5.32 Å². The number of likely N-dealkylation sites (tertiary alicyclic amines) is 1. The van der Waals surface area contributed by atoms with E-state index in [9.17, 15) is 14.7 Å². The molecule has 0 aliphatic carbocycles. The van der Waals surface area contributed by atoms with Crippen molar-refractivity contribution >= 4 is 23.3 Å². The van der Waals surface area contributed by atoms with Gasteiger partial charge in [-0.05, 0) is 30.2 Å². The Labute approximate surface area is 186 Å². The lowest BCUT2D eigenvalue weighted by molar-refractivity contribution is -0.192. The maximum atomic E-state index is 13.9. The summed E-state index contributed by atoms with van der Waals surface area (Å²) in [5.41, 5.74) is 0.137. The average Bonchev–Trinajstić information content (AvgIpc) is 3.27. The molecular weight excluding hydrogens is 410 g/mol. The molecule has 5 rings (SSSR count). The molecule has 1 spiro atoms. The topological polar surface area (TPSA) is 91.3 Å². The van der Waals surface area contributed by atoms with Gasteiger partial charge in [0.25, 0.3) is 11.6 Å². The standard InChI is InChI=1S/C24H27N3O5/c1-2-17-7-9-18(10-8-17)27-22(29)25-20-6-4-3-5-19(20)24(27,30)21(28)26-13-11-23(12-14-26)31-15-16-32-23/h3-10,30H,2,11-16H2,1H3,(H,25,29)/t24-/m1/s1. The van der Waals surface area contributed by atoms with Crippen molar-refractivity contribution in [3.63, 3.8) is 0 Å². The number of carbonyl (C=O) groups is 2. The van der Waals surface area contributed by atoms with Gasteiger partial charge < -0.3 is 24.8 Å². The van der Waals surface area contributed by atoms with Crippen LogP contribution in [0.3, 0.4) is 0 Å². The average molecular weight is 437 g/mol. The number of urea groups is 1. The van der Waals surface area contributed by atoms with E-state index in [1.165, 1.54) is 0 Å². The van der Waals surface area contributed by atoms with E-state index in [0.29, 0.717) is 56.1 Å². The fraction of sp³-hybridized carbons (Fsp3) is 0.417. The SMILES string of the molecule is CCc1ccc(N2C(=O)Nc3ccccc3[C@@]2(O)C(=O)N2CCC3(CC2)OCCO3)cc1. The maximum Gasteiger partial charge on any atom is 0.329 e. The van der Waals surface area contributed by atoms with Crippen molar-refractivity contribution < 1.29 is 24.2 Å². The number of hydrogen-bond acceptors (Lipinski definition) is 5. The smallest absolute Gasteiger partial charge is 0.329 e. The van der Waals surface area contributed by atoms with E-state index in [1.807, 2.05) is 19.1 Å². The summed E-state index contributed by atoms with van der Waals surface area (Å²) in [6, 6.07) is 13.6. The number of para-hydroxylation sites is 1. The third-order valence-electron chi connectivity index (χ3n) is 6.60. The van der Waals surface area contributed by atoms with E-state index in [1.54, 1.807) is 41.3 Å². The van der Waals surface area contributed by atoms with Gasteiger partial charge in [0.15, 0.2) is 5.79 Å². The molecule has 8 heteroatoms. The summed E-state index contributed by atoms with van der Waals surface area (Å²) in [5.74, 6) is -1.18. The van der Waals surface area contributed by atoms with Gasteiger partial charge in [0.05, 0.1) is 18.9 Å². The Morgan fingerprint density at radius 3 is 2.38 bits per heavy atom. The molecule has 2 aromatic carbocycles. The molecule has 0 radical (unpaired) electrons. The van der Waals surface area contributed by atoms with Gasteiger partial charge in [0.2, 0.25) is 0 Å². The zero-order chi connectivity index (χ0) is 22.3. The molecule has 32 heavy (non-hydrogen) atoms. The minimum atomic E-state index is -2.17. The third kappa shape index (κ3) is 3.26. The third-order valence-corrected chi connectivity index (χ3v) is 6.60. The minimum absolute atomic E-state index is 0.345. The Bertz CT molecular complexity index is 1020. The highest BCUT2D eigenvalue weighted by Crippen LogP contribution is 2.42. The Morgan fingerprint density at radius 2 is 1.72 bits per heavy atom. The number of benzene rings is 2. The molecule has 3 aliphatic heterocycles. The first kappa shape index (κ1) is 20.9. The Kier molecular flexibility index (Phi) is 5.16. The van der Waals surface area contributed by atoms with E-state index >= 15 is 0 Å². The molecule has 168 valence electrons. The van der Waals surface area contributed by atoms with Gasteiger partial charge in [-0.2, -0.15) is 0 Å². The highest BCUT2D eigenvalue weighted by atomic mass is 16.7. The molecule has 3 amide bonds. The Hall–Kier alpha value is -2.94. The first-order valence-electron chi connectivity index (χ1n) is 11.1. The monoisotopic (exact) mass is 437 g/mol. The van der Waals surface area contributed by atoms with Crippen LogP contribution in [0, 0.1) is 0 Å². The van der Waals surface area contributed by atoms with E-state index in [-0.39, 0.29) is 0 Å². The van der Waals surface area contributed by atoms with Crippen LogP contribution in [0.1, 0.15) is 30.9 Å². The van der Waals surface area contributed by atoms with Gasteiger partial charge in [0.1, 0.15) is 0 Å². The van der Waals surface area contributed by atoms with Crippen LogP contribution in [0.5, 0.6) is 0 Å². The number of amides is 3. The quantitative estimate of drug-likeness (QED) is 0.771. The van der Waals surface area contributed by atoms with Crippen LogP contribution in [0.2, 0.25) is 0 Å². The van der Waals surface area contributed by atoms with Crippen LogP contribution < -0.4 is 10.2 Å². The Morgan fingerprint density at radius 1 is 1.06 bits per heavy atom. The number of ether oxygens (including phenoxy) is 2. The van der Waals surface area contributed by atoms with Gasteiger partial charge in [-0.3, -0.25) is 9.69 Å². The van der Waals surface area contributed by atoms with Crippen LogP contribution >= 0.6 is 0 Å². The van der Waals surface area contributed by atoms with Gasteiger partial charge >= 0.3 is 6.03 Å². The summed E-state index contributed by atoms with van der Waals surface area (Å²) < 4.78 is 11.5. The molecular formula is C24H27N3O5. The molecule has 0 saturated carbocycles. The number of piperidine rings is 1. The summed E-state index contributed by atoms with van der Waals surface area (Å²) in [7, 11) is 0. The number of rotatable bonds is 3.